The Morgan fingerprint density at radius 2 is 0.909 bits per heavy atom. The van der Waals surface area contributed by atoms with E-state index in [9.17, 15) is 15.3 Å². The van der Waals surface area contributed by atoms with Crippen LogP contribution in [0.4, 0.5) is 0 Å². The maximum absolute atomic E-state index is 10.3. The van der Waals surface area contributed by atoms with E-state index in [2.05, 4.69) is 141 Å². The molecule has 0 heterocycles. The fourth-order valence-corrected chi connectivity index (χ4v) is 10.6. The minimum absolute atomic E-state index is 0.126. The van der Waals surface area contributed by atoms with Crippen LogP contribution in [-0.2, 0) is 17.3 Å². The van der Waals surface area contributed by atoms with E-state index in [0.717, 1.165) is 12.8 Å². The minimum Gasteiger partial charge on any atom is -0.396 e. The number of hydrogen-bond acceptors (Lipinski definition) is 3. The van der Waals surface area contributed by atoms with Gasteiger partial charge < -0.3 is 15.3 Å². The number of benzene rings is 7. The van der Waals surface area contributed by atoms with Crippen LogP contribution in [0, 0.1) is 0 Å². The second-order valence-electron chi connectivity index (χ2n) is 16.4. The zero-order valence-electron chi connectivity index (χ0n) is 31.6. The standard InChI is InChI=1S/C52H46O3/c1-51(2)46-28-32(22-27-55)12-16-39(46)40-17-13-33(29-47(40)51)34-14-18-41-42-19-15-35(31-49(42)52(23-6-25-53,24-7-26-54)48(41)30-34)36-20-21-45-38-9-4-3-8-37(38)44-11-5-10-43(36)50(44)45/h3-5,8-21,28-31,53-55H,6-7,22-27H2,1-2H3. The molecule has 3 aliphatic carbocycles. The van der Waals surface area contributed by atoms with Gasteiger partial charge in [0.15, 0.2) is 0 Å². The smallest absolute Gasteiger partial charge is 0.0471 e. The molecule has 3 nitrogen and oxygen atoms in total. The van der Waals surface area contributed by atoms with E-state index in [0.29, 0.717) is 19.3 Å². The Labute approximate surface area is 323 Å². The summed E-state index contributed by atoms with van der Waals surface area (Å²) in [6, 6.07) is 47.7. The van der Waals surface area contributed by atoms with Crippen LogP contribution in [0.5, 0.6) is 0 Å². The molecule has 0 unspecified atom stereocenters. The number of aliphatic hydroxyl groups excluding tert-OH is 3. The summed E-state index contributed by atoms with van der Waals surface area (Å²) in [5, 5.41) is 32.8. The lowest BCUT2D eigenvalue weighted by molar-refractivity contribution is 0.247. The molecule has 0 atom stereocenters. The number of fused-ring (bicyclic) bond motifs is 9. The monoisotopic (exact) mass is 718 g/mol. The van der Waals surface area contributed by atoms with E-state index in [-0.39, 0.29) is 30.7 Å². The van der Waals surface area contributed by atoms with Crippen molar-refractivity contribution in [3.05, 3.63) is 155 Å². The third kappa shape index (κ3) is 5.00. The van der Waals surface area contributed by atoms with E-state index < -0.39 is 0 Å². The van der Waals surface area contributed by atoms with Gasteiger partial charge in [-0.15, -0.1) is 0 Å². The van der Waals surface area contributed by atoms with Crippen molar-refractivity contribution >= 4 is 10.8 Å². The Morgan fingerprint density at radius 1 is 0.418 bits per heavy atom. The van der Waals surface area contributed by atoms with Gasteiger partial charge in [-0.3, -0.25) is 0 Å². The molecule has 55 heavy (non-hydrogen) atoms. The third-order valence-corrected chi connectivity index (χ3v) is 13.2. The minimum atomic E-state index is -0.345. The SMILES string of the molecule is CC1(C)c2cc(CCO)ccc2-c2ccc(-c3ccc4c(c3)C(CCCO)(CCCO)c3cc(-c5ccc6c7c(cccc57)-c5ccccc5-6)ccc3-4)cc21. The van der Waals surface area contributed by atoms with Gasteiger partial charge in [0.05, 0.1) is 0 Å². The first-order valence-electron chi connectivity index (χ1n) is 19.9. The van der Waals surface area contributed by atoms with Gasteiger partial charge in [0.2, 0.25) is 0 Å². The molecule has 7 aromatic carbocycles. The molecule has 0 amide bonds. The molecule has 3 heteroatoms. The maximum atomic E-state index is 10.3. The second-order valence-corrected chi connectivity index (χ2v) is 16.4. The van der Waals surface area contributed by atoms with E-state index in [1.165, 1.54) is 105 Å². The highest BCUT2D eigenvalue weighted by molar-refractivity contribution is 6.18. The average molecular weight is 719 g/mol. The molecule has 0 aliphatic heterocycles. The van der Waals surface area contributed by atoms with Gasteiger partial charge in [-0.25, -0.2) is 0 Å². The van der Waals surface area contributed by atoms with Crippen molar-refractivity contribution in [2.45, 2.75) is 56.8 Å². The Morgan fingerprint density at radius 3 is 1.55 bits per heavy atom. The van der Waals surface area contributed by atoms with Crippen LogP contribution in [0.3, 0.4) is 0 Å². The van der Waals surface area contributed by atoms with Crippen molar-refractivity contribution in [1.29, 1.82) is 0 Å². The maximum Gasteiger partial charge on any atom is 0.0471 e. The molecule has 0 fully saturated rings. The fraction of sp³-hybridized carbons (Fsp3) is 0.231. The van der Waals surface area contributed by atoms with Crippen molar-refractivity contribution in [3.8, 4) is 66.8 Å². The van der Waals surface area contributed by atoms with Gasteiger partial charge >= 0.3 is 0 Å². The molecule has 272 valence electrons. The van der Waals surface area contributed by atoms with Crippen molar-refractivity contribution in [2.75, 3.05) is 19.8 Å². The Bertz CT molecular complexity index is 2640. The van der Waals surface area contributed by atoms with Gasteiger partial charge in [0.25, 0.3) is 0 Å². The van der Waals surface area contributed by atoms with Crippen LogP contribution < -0.4 is 0 Å². The topological polar surface area (TPSA) is 60.7 Å². The number of hydrogen-bond donors (Lipinski definition) is 3. The summed E-state index contributed by atoms with van der Waals surface area (Å²) >= 11 is 0. The van der Waals surface area contributed by atoms with Crippen LogP contribution in [0.1, 0.15) is 67.3 Å². The summed E-state index contributed by atoms with van der Waals surface area (Å²) in [4.78, 5) is 0. The summed E-state index contributed by atoms with van der Waals surface area (Å²) in [6.07, 6.45) is 3.64. The lowest BCUT2D eigenvalue weighted by atomic mass is 9.70. The predicted molar refractivity (Wildman–Crippen MR) is 226 cm³/mol. The normalized spacial score (nSPS) is 14.8. The molecule has 10 rings (SSSR count). The van der Waals surface area contributed by atoms with E-state index in [1.54, 1.807) is 0 Å². The predicted octanol–water partition coefficient (Wildman–Crippen LogP) is 11.5. The zero-order chi connectivity index (χ0) is 37.5. The Kier molecular flexibility index (Phi) is 8.01. The van der Waals surface area contributed by atoms with Gasteiger partial charge in [-0.05, 0) is 156 Å². The molecule has 0 saturated heterocycles. The molecular weight excluding hydrogens is 673 g/mol. The quantitative estimate of drug-likeness (QED) is 0.132. The van der Waals surface area contributed by atoms with Crippen LogP contribution in [-0.4, -0.2) is 35.1 Å². The first kappa shape index (κ1) is 34.2. The highest BCUT2D eigenvalue weighted by Gasteiger charge is 2.43. The van der Waals surface area contributed by atoms with Gasteiger partial charge in [-0.1, -0.05) is 123 Å². The van der Waals surface area contributed by atoms with Crippen LogP contribution >= 0.6 is 0 Å². The van der Waals surface area contributed by atoms with Crippen LogP contribution in [0.25, 0.3) is 77.5 Å². The largest absolute Gasteiger partial charge is 0.396 e. The van der Waals surface area contributed by atoms with E-state index in [1.807, 2.05) is 0 Å². The first-order chi connectivity index (χ1) is 26.9. The van der Waals surface area contributed by atoms with Gasteiger partial charge in [0.1, 0.15) is 0 Å². The molecule has 0 radical (unpaired) electrons. The van der Waals surface area contributed by atoms with E-state index in [4.69, 9.17) is 0 Å². The summed E-state index contributed by atoms with van der Waals surface area (Å²) in [5.41, 5.74) is 21.0. The summed E-state index contributed by atoms with van der Waals surface area (Å²) in [6.45, 7) is 5.04. The molecular formula is C52H46O3. The molecule has 0 spiro atoms. The van der Waals surface area contributed by atoms with Crippen molar-refractivity contribution in [3.63, 3.8) is 0 Å². The summed E-state index contributed by atoms with van der Waals surface area (Å²) < 4.78 is 0. The number of rotatable bonds is 10. The van der Waals surface area contributed by atoms with E-state index >= 15 is 0 Å². The number of aliphatic hydroxyl groups is 3. The van der Waals surface area contributed by atoms with Gasteiger partial charge in [0, 0.05) is 30.7 Å². The molecule has 0 aromatic heterocycles. The molecule has 0 saturated carbocycles. The first-order valence-corrected chi connectivity index (χ1v) is 19.9. The Hall–Kier alpha value is -5.32. The summed E-state index contributed by atoms with van der Waals surface area (Å²) in [7, 11) is 0. The highest BCUT2D eigenvalue weighted by atomic mass is 16.3. The molecule has 3 N–H and O–H groups in total. The molecule has 0 bridgehead atoms. The fourth-order valence-electron chi connectivity index (χ4n) is 10.6. The highest BCUT2D eigenvalue weighted by Crippen LogP contribution is 2.57. The van der Waals surface area contributed by atoms with Crippen molar-refractivity contribution in [1.82, 2.24) is 0 Å². The van der Waals surface area contributed by atoms with Crippen molar-refractivity contribution in [2.24, 2.45) is 0 Å². The van der Waals surface area contributed by atoms with Gasteiger partial charge in [-0.2, -0.15) is 0 Å². The summed E-state index contributed by atoms with van der Waals surface area (Å²) in [5.74, 6) is 0. The van der Waals surface area contributed by atoms with Crippen LogP contribution in [0.2, 0.25) is 0 Å². The zero-order valence-corrected chi connectivity index (χ0v) is 31.6. The Balaban J connectivity index is 1.10. The lowest BCUT2D eigenvalue weighted by Crippen LogP contribution is -2.26. The lowest BCUT2D eigenvalue weighted by Gasteiger charge is -2.33. The molecule has 7 aromatic rings. The second kappa shape index (κ2) is 12.9. The average Bonchev–Trinajstić information content (AvgIpc) is 3.77. The van der Waals surface area contributed by atoms with Crippen LogP contribution in [0.15, 0.2) is 127 Å². The van der Waals surface area contributed by atoms with Crippen molar-refractivity contribution < 1.29 is 15.3 Å². The third-order valence-electron chi connectivity index (χ3n) is 13.2. The molecule has 3 aliphatic rings.